The number of nitrogen functional groups attached to an aromatic ring is 1. The molecule has 21 heavy (non-hydrogen) atoms. The number of nitrogens with zero attached hydrogens (tertiary/aromatic N) is 2. The Balaban J connectivity index is 2.27. The maximum Gasteiger partial charge on any atom is 0.205 e. The van der Waals surface area contributed by atoms with Crippen molar-refractivity contribution in [2.24, 2.45) is 0 Å². The van der Waals surface area contributed by atoms with E-state index >= 15 is 0 Å². The average molecular weight is 293 g/mol. The quantitative estimate of drug-likeness (QED) is 0.739. The third-order valence-corrected chi connectivity index (χ3v) is 3.11. The van der Waals surface area contributed by atoms with Crippen LogP contribution >= 0.6 is 0 Å². The number of halogens is 3. The van der Waals surface area contributed by atoms with Gasteiger partial charge in [-0.3, -0.25) is 4.57 Å². The summed E-state index contributed by atoms with van der Waals surface area (Å²) in [5.74, 6) is -3.50. The van der Waals surface area contributed by atoms with Gasteiger partial charge in [-0.25, -0.2) is 18.2 Å². The first-order valence-electron chi connectivity index (χ1n) is 5.98. The molecule has 0 fully saturated rings. The van der Waals surface area contributed by atoms with E-state index in [1.54, 1.807) is 18.2 Å². The monoisotopic (exact) mass is 293 g/mol. The SMILES string of the molecule is COc1ccc2c(c1)nc(N)n2-c1cc(F)c(F)c(F)c1. The molecule has 0 saturated carbocycles. The maximum atomic E-state index is 13.4. The molecule has 0 aliphatic rings. The molecule has 4 nitrogen and oxygen atoms in total. The highest BCUT2D eigenvalue weighted by Gasteiger charge is 2.16. The molecule has 3 rings (SSSR count). The number of benzene rings is 2. The lowest BCUT2D eigenvalue weighted by Gasteiger charge is -2.08. The van der Waals surface area contributed by atoms with Gasteiger partial charge >= 0.3 is 0 Å². The fraction of sp³-hybridized carbons (Fsp3) is 0.0714. The van der Waals surface area contributed by atoms with Crippen LogP contribution in [0.1, 0.15) is 0 Å². The van der Waals surface area contributed by atoms with Crippen molar-refractivity contribution in [1.82, 2.24) is 9.55 Å². The summed E-state index contributed by atoms with van der Waals surface area (Å²) < 4.78 is 46.2. The van der Waals surface area contributed by atoms with Crippen molar-refractivity contribution in [2.45, 2.75) is 0 Å². The molecular formula is C14H10F3N3O. The first-order valence-corrected chi connectivity index (χ1v) is 5.98. The Bertz CT molecular complexity index is 822. The van der Waals surface area contributed by atoms with E-state index in [2.05, 4.69) is 4.98 Å². The number of nitrogens with two attached hydrogens (primary N) is 1. The van der Waals surface area contributed by atoms with Gasteiger partial charge in [0.1, 0.15) is 5.75 Å². The number of imidazole rings is 1. The predicted octanol–water partition coefficient (Wildman–Crippen LogP) is 3.03. The number of hydrogen-bond acceptors (Lipinski definition) is 3. The number of fused-ring (bicyclic) bond motifs is 1. The topological polar surface area (TPSA) is 53.1 Å². The lowest BCUT2D eigenvalue weighted by atomic mass is 10.2. The Hall–Kier alpha value is -2.70. The van der Waals surface area contributed by atoms with Gasteiger partial charge in [0.15, 0.2) is 17.5 Å². The Kier molecular flexibility index (Phi) is 2.97. The summed E-state index contributed by atoms with van der Waals surface area (Å²) in [6.45, 7) is 0. The van der Waals surface area contributed by atoms with Crippen LogP contribution in [0.4, 0.5) is 19.1 Å². The van der Waals surface area contributed by atoms with Crippen LogP contribution in [0.2, 0.25) is 0 Å². The fourth-order valence-electron chi connectivity index (χ4n) is 2.15. The van der Waals surface area contributed by atoms with Crippen LogP contribution in [-0.2, 0) is 0 Å². The number of hydrogen-bond donors (Lipinski definition) is 1. The van der Waals surface area contributed by atoms with E-state index in [1.807, 2.05) is 0 Å². The molecule has 1 aromatic heterocycles. The van der Waals surface area contributed by atoms with Gasteiger partial charge in [0.05, 0.1) is 23.8 Å². The smallest absolute Gasteiger partial charge is 0.205 e. The van der Waals surface area contributed by atoms with Crippen LogP contribution in [0, 0.1) is 17.5 Å². The third kappa shape index (κ3) is 2.06. The Labute approximate surface area is 117 Å². The summed E-state index contributed by atoms with van der Waals surface area (Å²) in [6.07, 6.45) is 0. The minimum Gasteiger partial charge on any atom is -0.497 e. The molecule has 0 atom stereocenters. The number of ether oxygens (including phenoxy) is 1. The van der Waals surface area contributed by atoms with E-state index < -0.39 is 17.5 Å². The summed E-state index contributed by atoms with van der Waals surface area (Å²) in [6, 6.07) is 6.67. The third-order valence-electron chi connectivity index (χ3n) is 3.11. The summed E-state index contributed by atoms with van der Waals surface area (Å²) in [5, 5.41) is 0. The Morgan fingerprint density at radius 3 is 2.38 bits per heavy atom. The second-order valence-corrected chi connectivity index (χ2v) is 4.38. The predicted molar refractivity (Wildman–Crippen MR) is 71.9 cm³/mol. The van der Waals surface area contributed by atoms with Crippen molar-refractivity contribution >= 4 is 17.0 Å². The van der Waals surface area contributed by atoms with Crippen molar-refractivity contribution in [3.8, 4) is 11.4 Å². The normalized spacial score (nSPS) is 11.0. The standard InChI is InChI=1S/C14H10F3N3O/c1-21-8-2-3-12-11(6-8)19-14(18)20(12)7-4-9(15)13(17)10(16)5-7/h2-6H,1H3,(H2,18,19). The van der Waals surface area contributed by atoms with E-state index in [0.29, 0.717) is 16.8 Å². The summed E-state index contributed by atoms with van der Waals surface area (Å²) in [5.41, 5.74) is 6.86. The largest absolute Gasteiger partial charge is 0.497 e. The van der Waals surface area contributed by atoms with E-state index in [9.17, 15) is 13.2 Å². The highest BCUT2D eigenvalue weighted by molar-refractivity contribution is 5.82. The van der Waals surface area contributed by atoms with Crippen LogP contribution in [0.15, 0.2) is 30.3 Å². The van der Waals surface area contributed by atoms with Gasteiger partial charge in [-0.2, -0.15) is 0 Å². The van der Waals surface area contributed by atoms with Gasteiger partial charge in [-0.05, 0) is 12.1 Å². The van der Waals surface area contributed by atoms with Gasteiger partial charge in [0.25, 0.3) is 0 Å². The van der Waals surface area contributed by atoms with Crippen molar-refractivity contribution in [1.29, 1.82) is 0 Å². The zero-order chi connectivity index (χ0) is 15.1. The van der Waals surface area contributed by atoms with E-state index in [4.69, 9.17) is 10.5 Å². The maximum absolute atomic E-state index is 13.4. The second kappa shape index (κ2) is 4.69. The van der Waals surface area contributed by atoms with Crippen molar-refractivity contribution in [2.75, 3.05) is 12.8 Å². The minimum atomic E-state index is -1.52. The van der Waals surface area contributed by atoms with E-state index in [-0.39, 0.29) is 11.6 Å². The van der Waals surface area contributed by atoms with Crippen LogP contribution < -0.4 is 10.5 Å². The molecule has 0 saturated heterocycles. The van der Waals surface area contributed by atoms with Crippen LogP contribution in [0.3, 0.4) is 0 Å². The second-order valence-electron chi connectivity index (χ2n) is 4.38. The highest BCUT2D eigenvalue weighted by Crippen LogP contribution is 2.27. The molecule has 0 aliphatic carbocycles. The van der Waals surface area contributed by atoms with Gasteiger partial charge in [0.2, 0.25) is 5.95 Å². The molecule has 1 heterocycles. The zero-order valence-electron chi connectivity index (χ0n) is 10.9. The van der Waals surface area contributed by atoms with Crippen molar-refractivity contribution in [3.63, 3.8) is 0 Å². The Morgan fingerprint density at radius 1 is 1.10 bits per heavy atom. The lowest BCUT2D eigenvalue weighted by Crippen LogP contribution is -2.03. The molecule has 0 bridgehead atoms. The van der Waals surface area contributed by atoms with E-state index in [0.717, 1.165) is 12.1 Å². The van der Waals surface area contributed by atoms with Crippen LogP contribution in [-0.4, -0.2) is 16.7 Å². The van der Waals surface area contributed by atoms with Gasteiger partial charge in [-0.15, -0.1) is 0 Å². The number of aromatic nitrogens is 2. The number of anilines is 1. The molecule has 7 heteroatoms. The van der Waals surface area contributed by atoms with Gasteiger partial charge in [0, 0.05) is 18.2 Å². The van der Waals surface area contributed by atoms with Crippen molar-refractivity contribution in [3.05, 3.63) is 47.8 Å². The molecule has 0 amide bonds. The molecule has 0 spiro atoms. The lowest BCUT2D eigenvalue weighted by molar-refractivity contribution is 0.415. The molecule has 108 valence electrons. The number of methoxy groups -OCH3 is 1. The minimum absolute atomic E-state index is 0.0312. The van der Waals surface area contributed by atoms with Gasteiger partial charge in [-0.1, -0.05) is 0 Å². The summed E-state index contributed by atoms with van der Waals surface area (Å²) >= 11 is 0. The zero-order valence-corrected chi connectivity index (χ0v) is 10.9. The molecular weight excluding hydrogens is 283 g/mol. The molecule has 0 radical (unpaired) electrons. The first kappa shape index (κ1) is 13.3. The fourth-order valence-corrected chi connectivity index (χ4v) is 2.15. The Morgan fingerprint density at radius 2 is 1.76 bits per heavy atom. The number of rotatable bonds is 2. The van der Waals surface area contributed by atoms with Crippen LogP contribution in [0.25, 0.3) is 16.7 Å². The molecule has 0 aliphatic heterocycles. The van der Waals surface area contributed by atoms with Gasteiger partial charge < -0.3 is 10.5 Å². The summed E-state index contributed by atoms with van der Waals surface area (Å²) in [4.78, 5) is 4.10. The highest BCUT2D eigenvalue weighted by atomic mass is 19.2. The van der Waals surface area contributed by atoms with Crippen LogP contribution in [0.5, 0.6) is 5.75 Å². The van der Waals surface area contributed by atoms with E-state index in [1.165, 1.54) is 11.7 Å². The molecule has 2 aromatic carbocycles. The average Bonchev–Trinajstić information content (AvgIpc) is 2.78. The first-order chi connectivity index (χ1) is 10.0. The summed E-state index contributed by atoms with van der Waals surface area (Å²) in [7, 11) is 1.51. The molecule has 2 N–H and O–H groups in total. The van der Waals surface area contributed by atoms with Crippen molar-refractivity contribution < 1.29 is 17.9 Å². The molecule has 0 unspecified atom stereocenters. The molecule has 3 aromatic rings.